The molecule has 2 aromatic rings. The van der Waals surface area contributed by atoms with E-state index in [4.69, 9.17) is 11.0 Å². The molecule has 0 amide bonds. The molecule has 0 spiro atoms. The van der Waals surface area contributed by atoms with Gasteiger partial charge >= 0.3 is 0 Å². The first kappa shape index (κ1) is 10.2. The van der Waals surface area contributed by atoms with E-state index in [2.05, 4.69) is 11.1 Å². The molecule has 0 aliphatic rings. The van der Waals surface area contributed by atoms with Gasteiger partial charge in [-0.25, -0.2) is 4.98 Å². The van der Waals surface area contributed by atoms with E-state index in [1.807, 2.05) is 24.5 Å². The van der Waals surface area contributed by atoms with Crippen LogP contribution in [0.15, 0.2) is 24.5 Å². The quantitative estimate of drug-likeness (QED) is 0.734. The standard InChI is InChI=1S/C12H12N4/c1-8-9(2)16(7-15-8)11-3-4-12(14)10(5-11)6-13/h3-5,7H,14H2,1-2H3. The number of aryl methyl sites for hydroxylation is 1. The molecular formula is C12H12N4. The van der Waals surface area contributed by atoms with E-state index in [-0.39, 0.29) is 0 Å². The van der Waals surface area contributed by atoms with Crippen LogP contribution in [0.5, 0.6) is 0 Å². The lowest BCUT2D eigenvalue weighted by Crippen LogP contribution is -1.98. The van der Waals surface area contributed by atoms with Gasteiger partial charge in [-0.05, 0) is 32.0 Å². The van der Waals surface area contributed by atoms with Crippen LogP contribution in [0.2, 0.25) is 0 Å². The molecule has 80 valence electrons. The van der Waals surface area contributed by atoms with Gasteiger partial charge in [0.2, 0.25) is 0 Å². The third kappa shape index (κ3) is 1.52. The minimum Gasteiger partial charge on any atom is -0.398 e. The zero-order valence-corrected chi connectivity index (χ0v) is 9.23. The second-order valence-corrected chi connectivity index (χ2v) is 3.67. The lowest BCUT2D eigenvalue weighted by molar-refractivity contribution is 1.00. The molecule has 16 heavy (non-hydrogen) atoms. The highest BCUT2D eigenvalue weighted by Crippen LogP contribution is 2.18. The van der Waals surface area contributed by atoms with Crippen LogP contribution in [0.4, 0.5) is 5.69 Å². The summed E-state index contributed by atoms with van der Waals surface area (Å²) in [6, 6.07) is 7.46. The fraction of sp³-hybridized carbons (Fsp3) is 0.167. The highest BCUT2D eigenvalue weighted by Gasteiger charge is 2.06. The second kappa shape index (κ2) is 3.70. The maximum Gasteiger partial charge on any atom is 0.101 e. The molecular weight excluding hydrogens is 200 g/mol. The fourth-order valence-electron chi connectivity index (χ4n) is 1.55. The van der Waals surface area contributed by atoms with Gasteiger partial charge in [-0.15, -0.1) is 0 Å². The normalized spacial score (nSPS) is 10.1. The van der Waals surface area contributed by atoms with E-state index in [0.717, 1.165) is 17.1 Å². The molecule has 0 bridgehead atoms. The number of rotatable bonds is 1. The summed E-state index contributed by atoms with van der Waals surface area (Å²) in [5.74, 6) is 0. The number of imidazole rings is 1. The largest absolute Gasteiger partial charge is 0.398 e. The predicted octanol–water partition coefficient (Wildman–Crippen LogP) is 1.94. The molecule has 2 rings (SSSR count). The van der Waals surface area contributed by atoms with Crippen LogP contribution in [-0.2, 0) is 0 Å². The van der Waals surface area contributed by atoms with Gasteiger partial charge in [0.25, 0.3) is 0 Å². The first-order valence-corrected chi connectivity index (χ1v) is 4.94. The zero-order chi connectivity index (χ0) is 11.7. The van der Waals surface area contributed by atoms with E-state index in [9.17, 15) is 0 Å². The second-order valence-electron chi connectivity index (χ2n) is 3.67. The molecule has 0 aliphatic heterocycles. The molecule has 0 fully saturated rings. The molecule has 1 aromatic carbocycles. The fourth-order valence-corrected chi connectivity index (χ4v) is 1.55. The molecule has 1 aromatic heterocycles. The molecule has 0 unspecified atom stereocenters. The Morgan fingerprint density at radius 2 is 2.12 bits per heavy atom. The number of nitriles is 1. The van der Waals surface area contributed by atoms with Gasteiger partial charge in [0, 0.05) is 17.1 Å². The van der Waals surface area contributed by atoms with Gasteiger partial charge in [0.15, 0.2) is 0 Å². The van der Waals surface area contributed by atoms with Gasteiger partial charge < -0.3 is 10.3 Å². The van der Waals surface area contributed by atoms with Crippen LogP contribution in [0.25, 0.3) is 5.69 Å². The number of nitrogen functional groups attached to an aromatic ring is 1. The number of nitrogens with zero attached hydrogens (tertiary/aromatic N) is 3. The Bertz CT molecular complexity index is 575. The Morgan fingerprint density at radius 1 is 1.38 bits per heavy atom. The van der Waals surface area contributed by atoms with Crippen LogP contribution < -0.4 is 5.73 Å². The Morgan fingerprint density at radius 3 is 2.69 bits per heavy atom. The first-order valence-electron chi connectivity index (χ1n) is 4.94. The van der Waals surface area contributed by atoms with Crippen LogP contribution in [-0.4, -0.2) is 9.55 Å². The summed E-state index contributed by atoms with van der Waals surface area (Å²) >= 11 is 0. The molecule has 0 saturated carbocycles. The van der Waals surface area contributed by atoms with Gasteiger partial charge in [-0.3, -0.25) is 0 Å². The number of hydrogen-bond donors (Lipinski definition) is 1. The molecule has 0 atom stereocenters. The predicted molar refractivity (Wildman–Crippen MR) is 62.2 cm³/mol. The third-order valence-corrected chi connectivity index (χ3v) is 2.69. The van der Waals surface area contributed by atoms with Crippen molar-refractivity contribution < 1.29 is 0 Å². The number of aromatic nitrogens is 2. The van der Waals surface area contributed by atoms with Crippen LogP contribution in [0.3, 0.4) is 0 Å². The van der Waals surface area contributed by atoms with Crippen molar-refractivity contribution in [1.29, 1.82) is 5.26 Å². The van der Waals surface area contributed by atoms with Crippen molar-refractivity contribution in [1.82, 2.24) is 9.55 Å². The van der Waals surface area contributed by atoms with Crippen molar-refractivity contribution in [3.63, 3.8) is 0 Å². The summed E-state index contributed by atoms with van der Waals surface area (Å²) in [5, 5.41) is 8.91. The molecule has 0 saturated heterocycles. The molecule has 0 radical (unpaired) electrons. The summed E-state index contributed by atoms with van der Waals surface area (Å²) in [7, 11) is 0. The highest BCUT2D eigenvalue weighted by molar-refractivity contribution is 5.58. The average Bonchev–Trinajstić information content (AvgIpc) is 2.61. The number of nitrogens with two attached hydrogens (primary N) is 1. The zero-order valence-electron chi connectivity index (χ0n) is 9.23. The van der Waals surface area contributed by atoms with Crippen molar-refractivity contribution in [2.24, 2.45) is 0 Å². The van der Waals surface area contributed by atoms with Crippen LogP contribution in [0, 0.1) is 25.2 Å². The SMILES string of the molecule is Cc1ncn(-c2ccc(N)c(C#N)c2)c1C. The van der Waals surface area contributed by atoms with Crippen molar-refractivity contribution in [2.45, 2.75) is 13.8 Å². The van der Waals surface area contributed by atoms with Crippen molar-refractivity contribution in [3.05, 3.63) is 41.5 Å². The molecule has 4 heteroatoms. The van der Waals surface area contributed by atoms with Gasteiger partial charge in [0.05, 0.1) is 17.6 Å². The van der Waals surface area contributed by atoms with E-state index >= 15 is 0 Å². The molecule has 0 aliphatic carbocycles. The van der Waals surface area contributed by atoms with E-state index in [1.54, 1.807) is 18.5 Å². The molecule has 4 nitrogen and oxygen atoms in total. The first-order chi connectivity index (χ1) is 7.63. The highest BCUT2D eigenvalue weighted by atomic mass is 15.1. The monoisotopic (exact) mass is 212 g/mol. The number of anilines is 1. The average molecular weight is 212 g/mol. The van der Waals surface area contributed by atoms with Gasteiger partial charge in [0.1, 0.15) is 6.07 Å². The van der Waals surface area contributed by atoms with E-state index in [1.165, 1.54) is 0 Å². The van der Waals surface area contributed by atoms with Crippen LogP contribution in [0.1, 0.15) is 17.0 Å². The Hall–Kier alpha value is -2.28. The topological polar surface area (TPSA) is 67.6 Å². The lowest BCUT2D eigenvalue weighted by Gasteiger charge is -2.06. The Labute approximate surface area is 94.0 Å². The number of benzene rings is 1. The van der Waals surface area contributed by atoms with E-state index in [0.29, 0.717) is 11.3 Å². The van der Waals surface area contributed by atoms with Gasteiger partial charge in [-0.1, -0.05) is 0 Å². The Kier molecular flexibility index (Phi) is 2.37. The lowest BCUT2D eigenvalue weighted by atomic mass is 10.1. The molecule has 2 N–H and O–H groups in total. The summed E-state index contributed by atoms with van der Waals surface area (Å²) in [5.41, 5.74) is 9.62. The summed E-state index contributed by atoms with van der Waals surface area (Å²) in [4.78, 5) is 4.22. The Balaban J connectivity index is 2.58. The maximum absolute atomic E-state index is 8.91. The van der Waals surface area contributed by atoms with Crippen molar-refractivity contribution in [2.75, 3.05) is 5.73 Å². The van der Waals surface area contributed by atoms with Crippen molar-refractivity contribution in [3.8, 4) is 11.8 Å². The minimum absolute atomic E-state index is 0.489. The van der Waals surface area contributed by atoms with E-state index < -0.39 is 0 Å². The number of hydrogen-bond acceptors (Lipinski definition) is 3. The molecule has 1 heterocycles. The third-order valence-electron chi connectivity index (χ3n) is 2.69. The summed E-state index contributed by atoms with van der Waals surface area (Å²) in [6.45, 7) is 3.94. The maximum atomic E-state index is 8.91. The van der Waals surface area contributed by atoms with Crippen LogP contribution >= 0.6 is 0 Å². The van der Waals surface area contributed by atoms with Gasteiger partial charge in [-0.2, -0.15) is 5.26 Å². The minimum atomic E-state index is 0.489. The summed E-state index contributed by atoms with van der Waals surface area (Å²) in [6.07, 6.45) is 1.75. The summed E-state index contributed by atoms with van der Waals surface area (Å²) < 4.78 is 1.94. The smallest absolute Gasteiger partial charge is 0.101 e. The van der Waals surface area contributed by atoms with Crippen molar-refractivity contribution >= 4 is 5.69 Å².